The summed E-state index contributed by atoms with van der Waals surface area (Å²) < 4.78 is 1.36. The van der Waals surface area contributed by atoms with Gasteiger partial charge in [-0.25, -0.2) is 0 Å². The second-order valence-corrected chi connectivity index (χ2v) is 8.16. The van der Waals surface area contributed by atoms with Crippen LogP contribution in [0.25, 0.3) is 0 Å². The molecule has 3 nitrogen and oxygen atoms in total. The van der Waals surface area contributed by atoms with Crippen LogP contribution in [0.5, 0.6) is 0 Å². The predicted octanol–water partition coefficient (Wildman–Crippen LogP) is 3.20. The molecule has 0 aromatic carbocycles. The molecular formula is C14H22IN3S. The first-order valence-corrected chi connectivity index (χ1v) is 8.78. The third-order valence-corrected chi connectivity index (χ3v) is 5.53. The van der Waals surface area contributed by atoms with Gasteiger partial charge >= 0.3 is 0 Å². The van der Waals surface area contributed by atoms with E-state index in [1.54, 1.807) is 0 Å². The number of likely N-dealkylation sites (tertiary alicyclic amines) is 1. The number of nitrogens with one attached hydrogen (secondary N) is 1. The van der Waals surface area contributed by atoms with Gasteiger partial charge in [-0.3, -0.25) is 4.99 Å². The fraction of sp³-hybridized carbons (Fsp3) is 0.643. The third kappa shape index (κ3) is 4.63. The van der Waals surface area contributed by atoms with Crippen LogP contribution in [0.2, 0.25) is 0 Å². The van der Waals surface area contributed by atoms with Gasteiger partial charge in [0.2, 0.25) is 0 Å². The Morgan fingerprint density at radius 3 is 2.79 bits per heavy atom. The first kappa shape index (κ1) is 15.1. The molecule has 1 aromatic rings. The van der Waals surface area contributed by atoms with Crippen LogP contribution < -0.4 is 5.32 Å². The third-order valence-electron chi connectivity index (χ3n) is 3.58. The van der Waals surface area contributed by atoms with Gasteiger partial charge in [0.1, 0.15) is 0 Å². The van der Waals surface area contributed by atoms with Crippen molar-refractivity contribution in [3.05, 3.63) is 19.9 Å². The van der Waals surface area contributed by atoms with Gasteiger partial charge in [0, 0.05) is 31.6 Å². The SMILES string of the molecule is CN=C(NCCc1ccc(I)s1)N1CCC(C)CC1. The second-order valence-electron chi connectivity index (χ2n) is 5.10. The van der Waals surface area contributed by atoms with Gasteiger partial charge in [0.05, 0.1) is 2.88 Å². The van der Waals surface area contributed by atoms with Gasteiger partial charge in [0.25, 0.3) is 0 Å². The minimum atomic E-state index is 0.863. The molecule has 1 N–H and O–H groups in total. The molecule has 1 aliphatic heterocycles. The van der Waals surface area contributed by atoms with E-state index < -0.39 is 0 Å². The molecule has 19 heavy (non-hydrogen) atoms. The molecule has 0 amide bonds. The fourth-order valence-corrected chi connectivity index (χ4v) is 4.09. The molecule has 0 radical (unpaired) electrons. The van der Waals surface area contributed by atoms with Crippen LogP contribution in [0, 0.1) is 8.80 Å². The van der Waals surface area contributed by atoms with Gasteiger partial charge < -0.3 is 10.2 Å². The highest BCUT2D eigenvalue weighted by Crippen LogP contribution is 2.18. The zero-order valence-electron chi connectivity index (χ0n) is 11.7. The molecule has 1 fully saturated rings. The number of piperidine rings is 1. The largest absolute Gasteiger partial charge is 0.356 e. The Labute approximate surface area is 133 Å². The number of aliphatic imine (C=N–C) groups is 1. The van der Waals surface area contributed by atoms with Crippen molar-refractivity contribution >= 4 is 39.9 Å². The first-order valence-electron chi connectivity index (χ1n) is 6.89. The van der Waals surface area contributed by atoms with E-state index in [2.05, 4.69) is 56.9 Å². The number of guanidine groups is 1. The van der Waals surface area contributed by atoms with E-state index in [0.29, 0.717) is 0 Å². The van der Waals surface area contributed by atoms with Gasteiger partial charge in [-0.2, -0.15) is 0 Å². The second kappa shape index (κ2) is 7.47. The average Bonchev–Trinajstić information content (AvgIpc) is 2.82. The van der Waals surface area contributed by atoms with Gasteiger partial charge in [-0.05, 0) is 59.9 Å². The van der Waals surface area contributed by atoms with Crippen LogP contribution in [-0.4, -0.2) is 37.5 Å². The van der Waals surface area contributed by atoms with Crippen LogP contribution in [-0.2, 0) is 6.42 Å². The minimum absolute atomic E-state index is 0.863. The molecule has 1 aliphatic rings. The van der Waals surface area contributed by atoms with Gasteiger partial charge in [0.15, 0.2) is 5.96 Å². The summed E-state index contributed by atoms with van der Waals surface area (Å²) in [7, 11) is 1.88. The first-order chi connectivity index (χ1) is 9.19. The monoisotopic (exact) mass is 391 g/mol. The lowest BCUT2D eigenvalue weighted by atomic mass is 10.00. The van der Waals surface area contributed by atoms with Gasteiger partial charge in [-0.15, -0.1) is 11.3 Å². The normalized spacial score (nSPS) is 17.8. The van der Waals surface area contributed by atoms with Crippen LogP contribution in [0.1, 0.15) is 24.6 Å². The molecule has 0 atom stereocenters. The van der Waals surface area contributed by atoms with Crippen molar-refractivity contribution in [2.75, 3.05) is 26.7 Å². The summed E-state index contributed by atoms with van der Waals surface area (Å²) in [6.45, 7) is 5.58. The smallest absolute Gasteiger partial charge is 0.193 e. The van der Waals surface area contributed by atoms with Crippen molar-refractivity contribution < 1.29 is 0 Å². The fourth-order valence-electron chi connectivity index (χ4n) is 2.34. The number of hydrogen-bond donors (Lipinski definition) is 1. The predicted molar refractivity (Wildman–Crippen MR) is 92.1 cm³/mol. The van der Waals surface area contributed by atoms with Crippen LogP contribution in [0.3, 0.4) is 0 Å². The molecule has 5 heteroatoms. The number of nitrogens with zero attached hydrogens (tertiary/aromatic N) is 2. The Morgan fingerprint density at radius 1 is 1.47 bits per heavy atom. The number of rotatable bonds is 3. The Kier molecular flexibility index (Phi) is 5.94. The maximum Gasteiger partial charge on any atom is 0.193 e. The summed E-state index contributed by atoms with van der Waals surface area (Å²) in [5.41, 5.74) is 0. The molecule has 0 spiro atoms. The van der Waals surface area contributed by atoms with Crippen molar-refractivity contribution in [3.8, 4) is 0 Å². The van der Waals surface area contributed by atoms with Crippen molar-refractivity contribution in [1.82, 2.24) is 10.2 Å². The zero-order chi connectivity index (χ0) is 13.7. The van der Waals surface area contributed by atoms with Crippen LogP contribution in [0.15, 0.2) is 17.1 Å². The van der Waals surface area contributed by atoms with E-state index in [4.69, 9.17) is 0 Å². The lowest BCUT2D eigenvalue weighted by molar-refractivity contribution is 0.273. The summed E-state index contributed by atoms with van der Waals surface area (Å²) in [5, 5.41) is 3.49. The van der Waals surface area contributed by atoms with E-state index >= 15 is 0 Å². The average molecular weight is 391 g/mol. The number of thiophene rings is 1. The van der Waals surface area contributed by atoms with E-state index in [-0.39, 0.29) is 0 Å². The number of hydrogen-bond acceptors (Lipinski definition) is 2. The molecule has 0 saturated carbocycles. The standard InChI is InChI=1S/C14H22IN3S/c1-11-6-9-18(10-7-11)14(16-2)17-8-5-12-3-4-13(15)19-12/h3-4,11H,5-10H2,1-2H3,(H,16,17). The quantitative estimate of drug-likeness (QED) is 0.487. The van der Waals surface area contributed by atoms with Gasteiger partial charge in [-0.1, -0.05) is 6.92 Å². The Bertz CT molecular complexity index is 422. The Hall–Kier alpha value is -0.300. The topological polar surface area (TPSA) is 27.6 Å². The molecule has 0 bridgehead atoms. The minimum Gasteiger partial charge on any atom is -0.356 e. The molecule has 0 aliphatic carbocycles. The number of halogens is 1. The summed E-state index contributed by atoms with van der Waals surface area (Å²) in [6, 6.07) is 4.40. The highest BCUT2D eigenvalue weighted by molar-refractivity contribution is 14.1. The molecule has 106 valence electrons. The van der Waals surface area contributed by atoms with Crippen molar-refractivity contribution in [2.24, 2.45) is 10.9 Å². The van der Waals surface area contributed by atoms with E-state index in [0.717, 1.165) is 37.9 Å². The highest BCUT2D eigenvalue weighted by atomic mass is 127. The molecule has 1 aromatic heterocycles. The summed E-state index contributed by atoms with van der Waals surface area (Å²) in [4.78, 5) is 8.24. The van der Waals surface area contributed by atoms with E-state index in [1.165, 1.54) is 20.6 Å². The van der Waals surface area contributed by atoms with Crippen molar-refractivity contribution in [1.29, 1.82) is 0 Å². The summed E-state index contributed by atoms with van der Waals surface area (Å²) in [5.74, 6) is 1.93. The van der Waals surface area contributed by atoms with Crippen molar-refractivity contribution in [3.63, 3.8) is 0 Å². The van der Waals surface area contributed by atoms with Crippen LogP contribution >= 0.6 is 33.9 Å². The highest BCUT2D eigenvalue weighted by Gasteiger charge is 2.18. The molecule has 2 heterocycles. The maximum atomic E-state index is 4.41. The lowest BCUT2D eigenvalue weighted by Gasteiger charge is -2.32. The zero-order valence-corrected chi connectivity index (χ0v) is 14.6. The summed E-state index contributed by atoms with van der Waals surface area (Å²) in [6.07, 6.45) is 3.64. The molecule has 1 saturated heterocycles. The summed E-state index contributed by atoms with van der Waals surface area (Å²) >= 11 is 4.25. The molecular weight excluding hydrogens is 369 g/mol. The maximum absolute atomic E-state index is 4.41. The Balaban J connectivity index is 1.77. The Morgan fingerprint density at radius 2 is 2.21 bits per heavy atom. The van der Waals surface area contributed by atoms with E-state index in [9.17, 15) is 0 Å². The molecule has 0 unspecified atom stereocenters. The van der Waals surface area contributed by atoms with Crippen LogP contribution in [0.4, 0.5) is 0 Å². The van der Waals surface area contributed by atoms with Crippen molar-refractivity contribution in [2.45, 2.75) is 26.2 Å². The van der Waals surface area contributed by atoms with E-state index in [1.807, 2.05) is 18.4 Å². The lowest BCUT2D eigenvalue weighted by Crippen LogP contribution is -2.45. The molecule has 2 rings (SSSR count).